The van der Waals surface area contributed by atoms with Crippen molar-refractivity contribution >= 4 is 29.9 Å². The normalized spacial score (nSPS) is 27.3. The van der Waals surface area contributed by atoms with Gasteiger partial charge in [-0.15, -0.1) is 24.0 Å². The van der Waals surface area contributed by atoms with Crippen molar-refractivity contribution in [1.29, 1.82) is 0 Å². The Morgan fingerprint density at radius 3 is 2.48 bits per heavy atom. The van der Waals surface area contributed by atoms with Crippen molar-refractivity contribution in [3.8, 4) is 0 Å². The molecular weight excluding hydrogens is 401 g/mol. The van der Waals surface area contributed by atoms with E-state index >= 15 is 0 Å². The predicted molar refractivity (Wildman–Crippen MR) is 108 cm³/mol. The summed E-state index contributed by atoms with van der Waals surface area (Å²) in [7, 11) is 1.88. The van der Waals surface area contributed by atoms with Gasteiger partial charge in [-0.1, -0.05) is 12.8 Å². The molecule has 3 aliphatic rings. The van der Waals surface area contributed by atoms with Crippen LogP contribution in [0.5, 0.6) is 0 Å². The van der Waals surface area contributed by atoms with Crippen LogP contribution < -0.4 is 10.6 Å². The van der Waals surface area contributed by atoms with E-state index in [9.17, 15) is 0 Å². The molecule has 3 rings (SSSR count). The number of aliphatic imine (C=N–C) groups is 1. The molecule has 0 spiro atoms. The van der Waals surface area contributed by atoms with Gasteiger partial charge >= 0.3 is 0 Å². The second-order valence-electron chi connectivity index (χ2n) is 7.11. The average molecular weight is 435 g/mol. The molecule has 134 valence electrons. The highest BCUT2D eigenvalue weighted by Gasteiger charge is 2.30. The molecule has 1 saturated carbocycles. The van der Waals surface area contributed by atoms with Crippen LogP contribution in [0.1, 0.15) is 44.9 Å². The van der Waals surface area contributed by atoms with E-state index in [2.05, 4.69) is 25.4 Å². The third-order valence-electron chi connectivity index (χ3n) is 5.54. The van der Waals surface area contributed by atoms with Gasteiger partial charge in [0.1, 0.15) is 0 Å². The zero-order valence-corrected chi connectivity index (χ0v) is 16.9. The lowest BCUT2D eigenvalue weighted by Gasteiger charge is -2.24. The standard InChI is InChI=1S/C17H33N5.HI/c1-18-17(19-9-13-21-10-4-5-11-21)20-15-8-12-22(14-15)16-6-2-3-7-16;/h15-16H,2-14H2,1H3,(H2,18,19,20);1H. The van der Waals surface area contributed by atoms with E-state index in [-0.39, 0.29) is 24.0 Å². The van der Waals surface area contributed by atoms with Gasteiger partial charge in [0.05, 0.1) is 0 Å². The first-order valence-electron chi connectivity index (χ1n) is 9.29. The van der Waals surface area contributed by atoms with Crippen molar-refractivity contribution in [2.75, 3.05) is 46.3 Å². The van der Waals surface area contributed by atoms with Crippen molar-refractivity contribution in [3.05, 3.63) is 0 Å². The Hall–Kier alpha value is -0.0800. The molecule has 1 aliphatic carbocycles. The summed E-state index contributed by atoms with van der Waals surface area (Å²) in [4.78, 5) is 9.63. The quantitative estimate of drug-likeness (QED) is 0.393. The van der Waals surface area contributed by atoms with Crippen LogP contribution in [0.3, 0.4) is 0 Å². The largest absolute Gasteiger partial charge is 0.355 e. The molecule has 0 amide bonds. The van der Waals surface area contributed by atoms with Crippen molar-refractivity contribution in [2.24, 2.45) is 4.99 Å². The summed E-state index contributed by atoms with van der Waals surface area (Å²) < 4.78 is 0. The van der Waals surface area contributed by atoms with E-state index in [0.29, 0.717) is 6.04 Å². The minimum atomic E-state index is 0. The van der Waals surface area contributed by atoms with Crippen LogP contribution in [0.25, 0.3) is 0 Å². The smallest absolute Gasteiger partial charge is 0.191 e. The summed E-state index contributed by atoms with van der Waals surface area (Å²) in [5, 5.41) is 7.11. The van der Waals surface area contributed by atoms with Gasteiger partial charge in [0.25, 0.3) is 0 Å². The van der Waals surface area contributed by atoms with Crippen LogP contribution in [-0.2, 0) is 0 Å². The Kier molecular flexibility index (Phi) is 8.40. The lowest BCUT2D eigenvalue weighted by molar-refractivity contribution is 0.242. The lowest BCUT2D eigenvalue weighted by Crippen LogP contribution is -2.46. The molecule has 1 atom stereocenters. The van der Waals surface area contributed by atoms with Crippen LogP contribution in [0.2, 0.25) is 0 Å². The molecule has 6 heteroatoms. The van der Waals surface area contributed by atoms with Gasteiger partial charge in [0, 0.05) is 45.3 Å². The molecule has 0 radical (unpaired) electrons. The Bertz CT molecular complexity index is 364. The van der Waals surface area contributed by atoms with E-state index in [0.717, 1.165) is 25.1 Å². The Labute approximate surface area is 158 Å². The lowest BCUT2D eigenvalue weighted by atomic mass is 10.2. The molecule has 3 fully saturated rings. The number of likely N-dealkylation sites (tertiary alicyclic amines) is 2. The first-order valence-corrected chi connectivity index (χ1v) is 9.29. The fourth-order valence-corrected chi connectivity index (χ4v) is 4.23. The first-order chi connectivity index (χ1) is 10.8. The Balaban J connectivity index is 0.00000192. The molecule has 0 aromatic carbocycles. The molecule has 0 bridgehead atoms. The highest BCUT2D eigenvalue weighted by molar-refractivity contribution is 14.0. The van der Waals surface area contributed by atoms with E-state index in [4.69, 9.17) is 0 Å². The number of hydrogen-bond donors (Lipinski definition) is 2. The van der Waals surface area contributed by atoms with Crippen molar-refractivity contribution in [2.45, 2.75) is 57.0 Å². The van der Waals surface area contributed by atoms with Crippen molar-refractivity contribution in [3.63, 3.8) is 0 Å². The van der Waals surface area contributed by atoms with Gasteiger partial charge in [-0.2, -0.15) is 0 Å². The summed E-state index contributed by atoms with van der Waals surface area (Å²) in [6, 6.07) is 1.43. The number of nitrogens with one attached hydrogen (secondary N) is 2. The molecule has 2 N–H and O–H groups in total. The van der Waals surface area contributed by atoms with E-state index in [1.54, 1.807) is 0 Å². The summed E-state index contributed by atoms with van der Waals surface area (Å²) in [5.74, 6) is 0.984. The first kappa shape index (κ1) is 19.2. The van der Waals surface area contributed by atoms with Gasteiger partial charge in [0.15, 0.2) is 5.96 Å². The zero-order chi connectivity index (χ0) is 15.2. The molecule has 2 heterocycles. The Morgan fingerprint density at radius 1 is 1.04 bits per heavy atom. The number of rotatable bonds is 5. The highest BCUT2D eigenvalue weighted by Crippen LogP contribution is 2.26. The zero-order valence-electron chi connectivity index (χ0n) is 14.6. The molecule has 0 aromatic rings. The second-order valence-corrected chi connectivity index (χ2v) is 7.11. The maximum Gasteiger partial charge on any atom is 0.191 e. The van der Waals surface area contributed by atoms with Crippen LogP contribution in [-0.4, -0.2) is 74.2 Å². The van der Waals surface area contributed by atoms with E-state index < -0.39 is 0 Å². The molecule has 23 heavy (non-hydrogen) atoms. The average Bonchev–Trinajstić information content (AvgIpc) is 3.27. The van der Waals surface area contributed by atoms with Crippen LogP contribution in [0.15, 0.2) is 4.99 Å². The van der Waals surface area contributed by atoms with Crippen LogP contribution >= 0.6 is 24.0 Å². The van der Waals surface area contributed by atoms with Crippen molar-refractivity contribution < 1.29 is 0 Å². The van der Waals surface area contributed by atoms with Crippen molar-refractivity contribution in [1.82, 2.24) is 20.4 Å². The van der Waals surface area contributed by atoms with E-state index in [1.807, 2.05) is 7.05 Å². The summed E-state index contributed by atoms with van der Waals surface area (Å²) in [5.41, 5.74) is 0. The minimum Gasteiger partial charge on any atom is -0.355 e. The summed E-state index contributed by atoms with van der Waals surface area (Å²) in [6.07, 6.45) is 9.67. The molecule has 5 nitrogen and oxygen atoms in total. The SMILES string of the molecule is CN=C(NCCN1CCCC1)NC1CCN(C2CCCC2)C1.I. The fraction of sp³-hybridized carbons (Fsp3) is 0.941. The van der Waals surface area contributed by atoms with Gasteiger partial charge in [0.2, 0.25) is 0 Å². The summed E-state index contributed by atoms with van der Waals surface area (Å²) >= 11 is 0. The number of halogens is 1. The molecular formula is C17H34IN5. The second kappa shape index (κ2) is 10.0. The molecule has 2 saturated heterocycles. The third-order valence-corrected chi connectivity index (χ3v) is 5.54. The Morgan fingerprint density at radius 2 is 1.78 bits per heavy atom. The monoisotopic (exact) mass is 435 g/mol. The van der Waals surface area contributed by atoms with Gasteiger partial charge in [-0.25, -0.2) is 0 Å². The molecule has 2 aliphatic heterocycles. The third kappa shape index (κ3) is 5.74. The summed E-state index contributed by atoms with van der Waals surface area (Å²) in [6.45, 7) is 7.13. The number of hydrogen-bond acceptors (Lipinski definition) is 3. The fourth-order valence-electron chi connectivity index (χ4n) is 4.23. The highest BCUT2D eigenvalue weighted by atomic mass is 127. The maximum absolute atomic E-state index is 4.40. The topological polar surface area (TPSA) is 42.9 Å². The minimum absolute atomic E-state index is 0. The number of guanidine groups is 1. The van der Waals surface area contributed by atoms with Crippen LogP contribution in [0.4, 0.5) is 0 Å². The van der Waals surface area contributed by atoms with Gasteiger partial charge < -0.3 is 15.5 Å². The van der Waals surface area contributed by atoms with E-state index in [1.165, 1.54) is 71.1 Å². The predicted octanol–water partition coefficient (Wildman–Crippen LogP) is 1.88. The van der Waals surface area contributed by atoms with Gasteiger partial charge in [-0.05, 0) is 45.2 Å². The molecule has 0 aromatic heterocycles. The number of nitrogens with zero attached hydrogens (tertiary/aromatic N) is 3. The van der Waals surface area contributed by atoms with Crippen LogP contribution in [0, 0.1) is 0 Å². The maximum atomic E-state index is 4.40. The van der Waals surface area contributed by atoms with Gasteiger partial charge in [-0.3, -0.25) is 9.89 Å². The molecule has 1 unspecified atom stereocenters.